The SMILES string of the molecule is CC(C)CC[C@]1(c2ccc(F)cc2)NC(=N)N(C(CC2CCCC2)c2ccc(C(F)(F)F)c(C(=O)N3Cc4nccnc4C3)c2)C1=O. The zero-order valence-electron chi connectivity index (χ0n) is 26.4. The lowest BCUT2D eigenvalue weighted by Gasteiger charge is -2.32. The highest BCUT2D eigenvalue weighted by Gasteiger charge is 2.53. The highest BCUT2D eigenvalue weighted by atomic mass is 19.4. The summed E-state index contributed by atoms with van der Waals surface area (Å²) in [5, 5.41) is 12.2. The van der Waals surface area contributed by atoms with E-state index in [0.717, 1.165) is 31.7 Å². The van der Waals surface area contributed by atoms with Crippen molar-refractivity contribution in [1.82, 2.24) is 25.1 Å². The second-order valence-corrected chi connectivity index (χ2v) is 13.3. The molecule has 8 nitrogen and oxygen atoms in total. The molecule has 12 heteroatoms. The third kappa shape index (κ3) is 6.34. The Kier molecular flexibility index (Phi) is 8.80. The molecular formula is C35H38F4N6O2. The van der Waals surface area contributed by atoms with Gasteiger partial charge in [-0.15, -0.1) is 0 Å². The number of hydrogen-bond donors (Lipinski definition) is 2. The Morgan fingerprint density at radius 2 is 1.68 bits per heavy atom. The summed E-state index contributed by atoms with van der Waals surface area (Å²) in [5.41, 5.74) is -1.02. The predicted octanol–water partition coefficient (Wildman–Crippen LogP) is 7.11. The minimum Gasteiger partial charge on any atom is -0.338 e. The van der Waals surface area contributed by atoms with E-state index in [2.05, 4.69) is 15.3 Å². The van der Waals surface area contributed by atoms with Crippen molar-refractivity contribution in [1.29, 1.82) is 5.41 Å². The quantitative estimate of drug-likeness (QED) is 0.241. The second-order valence-electron chi connectivity index (χ2n) is 13.3. The highest BCUT2D eigenvalue weighted by Crippen LogP contribution is 2.44. The average Bonchev–Trinajstić information content (AvgIpc) is 3.77. The third-order valence-corrected chi connectivity index (χ3v) is 9.73. The maximum Gasteiger partial charge on any atom is 0.417 e. The number of nitrogens with one attached hydrogen (secondary N) is 2. The van der Waals surface area contributed by atoms with E-state index in [1.165, 1.54) is 58.6 Å². The summed E-state index contributed by atoms with van der Waals surface area (Å²) < 4.78 is 57.1. The average molecular weight is 651 g/mol. The van der Waals surface area contributed by atoms with Crippen LogP contribution >= 0.6 is 0 Å². The molecule has 1 aliphatic carbocycles. The highest BCUT2D eigenvalue weighted by molar-refractivity contribution is 6.08. The van der Waals surface area contributed by atoms with E-state index in [-0.39, 0.29) is 30.9 Å². The van der Waals surface area contributed by atoms with Crippen LogP contribution in [0.1, 0.15) is 103 Å². The van der Waals surface area contributed by atoms with Crippen LogP contribution in [0.5, 0.6) is 0 Å². The van der Waals surface area contributed by atoms with Gasteiger partial charge >= 0.3 is 6.18 Å². The van der Waals surface area contributed by atoms with Crippen LogP contribution in [0.4, 0.5) is 17.6 Å². The lowest BCUT2D eigenvalue weighted by atomic mass is 9.82. The number of aromatic nitrogens is 2. The molecule has 0 radical (unpaired) electrons. The van der Waals surface area contributed by atoms with E-state index in [9.17, 15) is 27.2 Å². The second kappa shape index (κ2) is 12.7. The number of guanidine groups is 1. The number of hydrogen-bond acceptors (Lipinski definition) is 5. The van der Waals surface area contributed by atoms with Gasteiger partial charge in [0.15, 0.2) is 5.96 Å². The number of rotatable bonds is 9. The molecule has 1 aromatic heterocycles. The van der Waals surface area contributed by atoms with E-state index >= 15 is 0 Å². The molecular weight excluding hydrogens is 612 g/mol. The van der Waals surface area contributed by atoms with Crippen LogP contribution in [-0.2, 0) is 29.6 Å². The van der Waals surface area contributed by atoms with E-state index in [0.29, 0.717) is 41.8 Å². The minimum atomic E-state index is -4.81. The van der Waals surface area contributed by atoms with Crippen LogP contribution in [0.15, 0.2) is 54.9 Å². The van der Waals surface area contributed by atoms with Gasteiger partial charge in [0.1, 0.15) is 11.4 Å². The molecule has 1 saturated heterocycles. The molecule has 47 heavy (non-hydrogen) atoms. The molecule has 2 aromatic carbocycles. The molecule has 3 aliphatic rings. The van der Waals surface area contributed by atoms with Crippen molar-refractivity contribution in [2.24, 2.45) is 11.8 Å². The molecule has 6 rings (SSSR count). The number of benzene rings is 2. The van der Waals surface area contributed by atoms with Crippen LogP contribution in [0.25, 0.3) is 0 Å². The van der Waals surface area contributed by atoms with Gasteiger partial charge in [0, 0.05) is 12.4 Å². The summed E-state index contributed by atoms with van der Waals surface area (Å²) in [5.74, 6) is -1.45. The van der Waals surface area contributed by atoms with Crippen molar-refractivity contribution >= 4 is 17.8 Å². The Labute approximate surface area is 271 Å². The van der Waals surface area contributed by atoms with Crippen molar-refractivity contribution in [2.45, 2.75) is 89.6 Å². The molecule has 2 N–H and O–H groups in total. The zero-order chi connectivity index (χ0) is 33.5. The molecule has 0 spiro atoms. The number of halogens is 4. The van der Waals surface area contributed by atoms with Gasteiger partial charge in [0.2, 0.25) is 0 Å². The Balaban J connectivity index is 1.42. The first-order valence-electron chi connectivity index (χ1n) is 16.1. The van der Waals surface area contributed by atoms with Crippen molar-refractivity contribution in [3.8, 4) is 0 Å². The van der Waals surface area contributed by atoms with E-state index < -0.39 is 46.5 Å². The summed E-state index contributed by atoms with van der Waals surface area (Å²) in [6, 6.07) is 8.31. The smallest absolute Gasteiger partial charge is 0.338 e. The fourth-order valence-electron chi connectivity index (χ4n) is 7.21. The van der Waals surface area contributed by atoms with Gasteiger partial charge in [-0.3, -0.25) is 29.9 Å². The van der Waals surface area contributed by atoms with E-state index in [1.54, 1.807) is 0 Å². The Morgan fingerprint density at radius 1 is 1.04 bits per heavy atom. The third-order valence-electron chi connectivity index (χ3n) is 9.73. The number of carbonyl (C=O) groups excluding carboxylic acids is 2. The molecule has 3 heterocycles. The Hall–Kier alpha value is -4.35. The lowest BCUT2D eigenvalue weighted by molar-refractivity contribution is -0.138. The molecule has 0 bridgehead atoms. The largest absolute Gasteiger partial charge is 0.417 e. The lowest BCUT2D eigenvalue weighted by Crippen LogP contribution is -2.44. The molecule has 2 aliphatic heterocycles. The van der Waals surface area contributed by atoms with Crippen molar-refractivity contribution in [2.75, 3.05) is 0 Å². The molecule has 2 atom stereocenters. The van der Waals surface area contributed by atoms with Crippen molar-refractivity contribution in [3.63, 3.8) is 0 Å². The number of nitrogens with zero attached hydrogens (tertiary/aromatic N) is 4. The summed E-state index contributed by atoms with van der Waals surface area (Å²) in [4.78, 5) is 39.6. The fourth-order valence-corrected chi connectivity index (χ4v) is 7.21. The minimum absolute atomic E-state index is 0.0320. The van der Waals surface area contributed by atoms with Crippen molar-refractivity contribution < 1.29 is 27.2 Å². The Morgan fingerprint density at radius 3 is 2.28 bits per heavy atom. The van der Waals surface area contributed by atoms with Crippen LogP contribution in [0, 0.1) is 23.1 Å². The maximum absolute atomic E-state index is 14.7. The first-order valence-corrected chi connectivity index (χ1v) is 16.1. The summed E-state index contributed by atoms with van der Waals surface area (Å²) >= 11 is 0. The zero-order valence-corrected chi connectivity index (χ0v) is 26.4. The number of fused-ring (bicyclic) bond motifs is 1. The molecule has 248 valence electrons. The number of amides is 2. The predicted molar refractivity (Wildman–Crippen MR) is 166 cm³/mol. The topological polar surface area (TPSA) is 102 Å². The monoisotopic (exact) mass is 650 g/mol. The Bertz CT molecular complexity index is 1650. The summed E-state index contributed by atoms with van der Waals surface area (Å²) in [6.45, 7) is 4.11. The van der Waals surface area contributed by atoms with Gasteiger partial charge in [-0.1, -0.05) is 57.7 Å². The van der Waals surface area contributed by atoms with Gasteiger partial charge in [-0.05, 0) is 66.5 Å². The van der Waals surface area contributed by atoms with Gasteiger partial charge in [-0.2, -0.15) is 13.2 Å². The molecule has 1 unspecified atom stereocenters. The first kappa shape index (κ1) is 32.6. The molecule has 1 saturated carbocycles. The van der Waals surface area contributed by atoms with Crippen LogP contribution in [-0.4, -0.2) is 37.5 Å². The first-order chi connectivity index (χ1) is 22.4. The normalized spacial score (nSPS) is 20.7. The molecule has 2 amide bonds. The van der Waals surface area contributed by atoms with Gasteiger partial charge in [0.05, 0.1) is 41.6 Å². The van der Waals surface area contributed by atoms with Gasteiger partial charge < -0.3 is 10.2 Å². The maximum atomic E-state index is 14.7. The van der Waals surface area contributed by atoms with E-state index in [4.69, 9.17) is 5.41 Å². The molecule has 3 aromatic rings. The summed E-state index contributed by atoms with van der Waals surface area (Å²) in [6.07, 6.45) is 3.33. The molecule has 2 fully saturated rings. The fraction of sp³-hybridized carbons (Fsp3) is 0.457. The van der Waals surface area contributed by atoms with Crippen LogP contribution < -0.4 is 5.32 Å². The van der Waals surface area contributed by atoms with E-state index in [1.807, 2.05) is 13.8 Å². The van der Waals surface area contributed by atoms with Gasteiger partial charge in [0.25, 0.3) is 11.8 Å². The standard InChI is InChI=1S/C35H38F4N6O2/c1-21(2)13-14-34(24-8-10-25(36)11-9-24)32(47)45(33(40)43-34)30(17-22-5-3-4-6-22)23-7-12-27(35(37,38)39)26(18-23)31(46)44-19-28-29(20-44)42-16-15-41-28/h7-12,15-16,18,21-22,30H,3-6,13-14,17,19-20H2,1-2H3,(H2,40,43)/t30?,34-/m1/s1. The summed E-state index contributed by atoms with van der Waals surface area (Å²) in [7, 11) is 0. The van der Waals surface area contributed by atoms with Gasteiger partial charge in [-0.25, -0.2) is 4.39 Å². The number of alkyl halides is 3. The van der Waals surface area contributed by atoms with Crippen LogP contribution in [0.3, 0.4) is 0 Å². The number of carbonyl (C=O) groups is 2. The van der Waals surface area contributed by atoms with Crippen LogP contribution in [0.2, 0.25) is 0 Å². The van der Waals surface area contributed by atoms with Crippen molar-refractivity contribution in [3.05, 3.63) is 94.3 Å².